The highest BCUT2D eigenvalue weighted by atomic mass is 79.9. The maximum absolute atomic E-state index is 11.9. The Balaban J connectivity index is 1.55. The van der Waals surface area contributed by atoms with Crippen LogP contribution in [0.5, 0.6) is 0 Å². The molecule has 0 aliphatic heterocycles. The van der Waals surface area contributed by atoms with Crippen LogP contribution in [0.4, 0.5) is 5.69 Å². The van der Waals surface area contributed by atoms with E-state index in [1.165, 1.54) is 11.8 Å². The van der Waals surface area contributed by atoms with Crippen molar-refractivity contribution in [2.45, 2.75) is 18.7 Å². The molecule has 3 rings (SSSR count). The number of benzene rings is 1. The van der Waals surface area contributed by atoms with Gasteiger partial charge < -0.3 is 9.73 Å². The van der Waals surface area contributed by atoms with Gasteiger partial charge in [0.1, 0.15) is 0 Å². The first-order valence-electron chi connectivity index (χ1n) is 7.18. The molecule has 0 bridgehead atoms. The van der Waals surface area contributed by atoms with Crippen LogP contribution in [0.15, 0.2) is 50.8 Å². The van der Waals surface area contributed by atoms with E-state index in [0.29, 0.717) is 11.1 Å². The zero-order chi connectivity index (χ0) is 16.9. The molecule has 1 amide bonds. The van der Waals surface area contributed by atoms with Crippen molar-refractivity contribution in [3.8, 4) is 11.5 Å². The minimum atomic E-state index is -0.138. The van der Waals surface area contributed by atoms with Crippen molar-refractivity contribution in [1.29, 1.82) is 0 Å². The van der Waals surface area contributed by atoms with Crippen molar-refractivity contribution in [3.63, 3.8) is 0 Å². The molecule has 1 aromatic carbocycles. The Morgan fingerprint density at radius 1 is 1.33 bits per heavy atom. The number of rotatable bonds is 6. The zero-order valence-electron chi connectivity index (χ0n) is 12.8. The fourth-order valence-corrected chi connectivity index (χ4v) is 2.72. The number of nitrogens with zero attached hydrogens (tertiary/aromatic N) is 4. The van der Waals surface area contributed by atoms with Crippen LogP contribution in [0.1, 0.15) is 6.92 Å². The SMILES string of the molecule is CCn1cc(-c2nnc(SCC(=O)Nc3ccc(Br)cc3)o2)cn1. The fourth-order valence-electron chi connectivity index (χ4n) is 1.89. The molecule has 0 radical (unpaired) electrons. The zero-order valence-corrected chi connectivity index (χ0v) is 15.2. The van der Waals surface area contributed by atoms with E-state index in [9.17, 15) is 4.79 Å². The van der Waals surface area contributed by atoms with Gasteiger partial charge in [-0.1, -0.05) is 27.7 Å². The molecule has 124 valence electrons. The molecule has 0 saturated heterocycles. The van der Waals surface area contributed by atoms with Crippen LogP contribution < -0.4 is 5.32 Å². The van der Waals surface area contributed by atoms with Crippen molar-refractivity contribution < 1.29 is 9.21 Å². The largest absolute Gasteiger partial charge is 0.411 e. The van der Waals surface area contributed by atoms with Gasteiger partial charge in [-0.3, -0.25) is 9.48 Å². The second kappa shape index (κ2) is 7.63. The molecule has 0 atom stereocenters. The van der Waals surface area contributed by atoms with E-state index >= 15 is 0 Å². The van der Waals surface area contributed by atoms with E-state index in [2.05, 4.69) is 36.5 Å². The second-order valence-corrected chi connectivity index (χ2v) is 6.64. The first-order valence-corrected chi connectivity index (χ1v) is 8.96. The highest BCUT2D eigenvalue weighted by Crippen LogP contribution is 2.23. The van der Waals surface area contributed by atoms with Gasteiger partial charge in [0, 0.05) is 22.9 Å². The van der Waals surface area contributed by atoms with Gasteiger partial charge in [-0.05, 0) is 31.2 Å². The molecule has 0 aliphatic rings. The Morgan fingerprint density at radius 2 is 2.12 bits per heavy atom. The van der Waals surface area contributed by atoms with Crippen LogP contribution in [0.25, 0.3) is 11.5 Å². The van der Waals surface area contributed by atoms with E-state index in [1.807, 2.05) is 37.4 Å². The van der Waals surface area contributed by atoms with Crippen LogP contribution in [-0.4, -0.2) is 31.6 Å². The van der Waals surface area contributed by atoms with Gasteiger partial charge in [-0.15, -0.1) is 10.2 Å². The minimum absolute atomic E-state index is 0.138. The summed E-state index contributed by atoms with van der Waals surface area (Å²) in [6.45, 7) is 2.77. The molecule has 3 aromatic rings. The van der Waals surface area contributed by atoms with Crippen molar-refractivity contribution >= 4 is 39.3 Å². The molecular formula is C15H14BrN5O2S. The first kappa shape index (κ1) is 16.7. The third kappa shape index (κ3) is 4.24. The molecular weight excluding hydrogens is 394 g/mol. The van der Waals surface area contributed by atoms with Gasteiger partial charge in [0.05, 0.1) is 17.5 Å². The normalized spacial score (nSPS) is 10.8. The summed E-state index contributed by atoms with van der Waals surface area (Å²) in [5.41, 5.74) is 1.50. The second-order valence-electron chi connectivity index (χ2n) is 4.80. The third-order valence-corrected chi connectivity index (χ3v) is 4.41. The Bertz CT molecular complexity index is 831. The first-order chi connectivity index (χ1) is 11.6. The van der Waals surface area contributed by atoms with Gasteiger partial charge in [0.25, 0.3) is 11.1 Å². The molecule has 2 aromatic heterocycles. The highest BCUT2D eigenvalue weighted by Gasteiger charge is 2.12. The molecule has 0 fully saturated rings. The summed E-state index contributed by atoms with van der Waals surface area (Å²) in [6, 6.07) is 7.37. The number of halogens is 1. The molecule has 0 unspecified atom stereocenters. The van der Waals surface area contributed by atoms with E-state index < -0.39 is 0 Å². The number of amides is 1. The van der Waals surface area contributed by atoms with Gasteiger partial charge in [-0.25, -0.2) is 0 Å². The standard InChI is InChI=1S/C15H14BrN5O2S/c1-2-21-8-10(7-17-21)14-19-20-15(23-14)24-9-13(22)18-12-5-3-11(16)4-6-12/h3-8H,2,9H2,1H3,(H,18,22). The average molecular weight is 408 g/mol. The topological polar surface area (TPSA) is 85.8 Å². The number of hydrogen-bond donors (Lipinski definition) is 1. The Hall–Kier alpha value is -2.13. The number of thioether (sulfide) groups is 1. The summed E-state index contributed by atoms with van der Waals surface area (Å²) >= 11 is 4.54. The molecule has 24 heavy (non-hydrogen) atoms. The summed E-state index contributed by atoms with van der Waals surface area (Å²) in [5.74, 6) is 0.442. The maximum Gasteiger partial charge on any atom is 0.277 e. The van der Waals surface area contributed by atoms with E-state index in [-0.39, 0.29) is 11.7 Å². The van der Waals surface area contributed by atoms with E-state index in [0.717, 1.165) is 22.3 Å². The maximum atomic E-state index is 11.9. The van der Waals surface area contributed by atoms with Crippen LogP contribution in [-0.2, 0) is 11.3 Å². The number of aryl methyl sites for hydroxylation is 1. The highest BCUT2D eigenvalue weighted by molar-refractivity contribution is 9.10. The van der Waals surface area contributed by atoms with Crippen molar-refractivity contribution in [1.82, 2.24) is 20.0 Å². The number of anilines is 1. The van der Waals surface area contributed by atoms with Gasteiger partial charge in [-0.2, -0.15) is 5.10 Å². The lowest BCUT2D eigenvalue weighted by Crippen LogP contribution is -2.13. The number of aromatic nitrogens is 4. The predicted octanol–water partition coefficient (Wildman–Crippen LogP) is 3.45. The number of hydrogen-bond acceptors (Lipinski definition) is 6. The van der Waals surface area contributed by atoms with Gasteiger partial charge >= 0.3 is 0 Å². The summed E-state index contributed by atoms with van der Waals surface area (Å²) in [4.78, 5) is 11.9. The summed E-state index contributed by atoms with van der Waals surface area (Å²) < 4.78 is 8.28. The summed E-state index contributed by atoms with van der Waals surface area (Å²) in [5, 5.41) is 15.2. The quantitative estimate of drug-likeness (QED) is 0.629. The predicted molar refractivity (Wildman–Crippen MR) is 94.7 cm³/mol. The van der Waals surface area contributed by atoms with Crippen molar-refractivity contribution in [2.75, 3.05) is 11.1 Å². The van der Waals surface area contributed by atoms with Crippen molar-refractivity contribution in [3.05, 3.63) is 41.1 Å². The van der Waals surface area contributed by atoms with Crippen molar-refractivity contribution in [2.24, 2.45) is 0 Å². The molecule has 7 nitrogen and oxygen atoms in total. The van der Waals surface area contributed by atoms with Crippen LogP contribution in [0, 0.1) is 0 Å². The number of carbonyl (C=O) groups is 1. The fraction of sp³-hybridized carbons (Fsp3) is 0.200. The molecule has 2 heterocycles. The number of nitrogens with one attached hydrogen (secondary N) is 1. The summed E-state index contributed by atoms with van der Waals surface area (Å²) in [6.07, 6.45) is 3.51. The number of carbonyl (C=O) groups excluding carboxylic acids is 1. The average Bonchev–Trinajstić information content (AvgIpc) is 3.24. The van der Waals surface area contributed by atoms with E-state index in [4.69, 9.17) is 4.42 Å². The Morgan fingerprint density at radius 3 is 2.83 bits per heavy atom. The lowest BCUT2D eigenvalue weighted by molar-refractivity contribution is -0.113. The molecule has 0 saturated carbocycles. The van der Waals surface area contributed by atoms with Gasteiger partial charge in [0.2, 0.25) is 5.91 Å². The lowest BCUT2D eigenvalue weighted by Gasteiger charge is -2.03. The minimum Gasteiger partial charge on any atom is -0.411 e. The van der Waals surface area contributed by atoms with Crippen LogP contribution in [0.3, 0.4) is 0 Å². The van der Waals surface area contributed by atoms with Gasteiger partial charge in [0.15, 0.2) is 0 Å². The van der Waals surface area contributed by atoms with Crippen LogP contribution >= 0.6 is 27.7 Å². The van der Waals surface area contributed by atoms with Crippen LogP contribution in [0.2, 0.25) is 0 Å². The molecule has 9 heteroatoms. The Kier molecular flexibility index (Phi) is 5.31. The Labute approximate surface area is 151 Å². The molecule has 0 aliphatic carbocycles. The lowest BCUT2D eigenvalue weighted by atomic mass is 10.3. The molecule has 1 N–H and O–H groups in total. The smallest absolute Gasteiger partial charge is 0.277 e. The molecule has 0 spiro atoms. The summed E-state index contributed by atoms with van der Waals surface area (Å²) in [7, 11) is 0. The van der Waals surface area contributed by atoms with E-state index in [1.54, 1.807) is 10.9 Å². The third-order valence-electron chi connectivity index (χ3n) is 3.07. The monoisotopic (exact) mass is 407 g/mol.